The number of piperazine rings is 1. The summed E-state index contributed by atoms with van der Waals surface area (Å²) in [6.45, 7) is 3.06. The van der Waals surface area contributed by atoms with Crippen molar-refractivity contribution in [3.8, 4) is 0 Å². The Bertz CT molecular complexity index is 1030. The topological polar surface area (TPSA) is 91.6 Å². The maximum Gasteiger partial charge on any atom is 0.230 e. The fourth-order valence-electron chi connectivity index (χ4n) is 3.20. The number of carbonyl (C=O) groups excluding carboxylic acids is 2. The van der Waals surface area contributed by atoms with Crippen molar-refractivity contribution < 1.29 is 14.0 Å². The fourth-order valence-corrected chi connectivity index (χ4v) is 5.05. The Morgan fingerprint density at radius 1 is 1.12 bits per heavy atom. The number of rotatable bonds is 8. The second-order valence-corrected chi connectivity index (χ2v) is 9.78. The SMILES string of the molecule is O=C(CSc1nnc(N2CCN(C(=O)Cc3ccc(Cl)cc3)CC2)s1)NCc1ccco1. The molecule has 4 rings (SSSR count). The Morgan fingerprint density at radius 3 is 2.62 bits per heavy atom. The van der Waals surface area contributed by atoms with Gasteiger partial charge in [-0.1, -0.05) is 46.8 Å². The van der Waals surface area contributed by atoms with E-state index >= 15 is 0 Å². The van der Waals surface area contributed by atoms with Gasteiger partial charge in [-0.2, -0.15) is 0 Å². The zero-order valence-corrected chi connectivity index (χ0v) is 19.6. The first kappa shape index (κ1) is 22.6. The van der Waals surface area contributed by atoms with Gasteiger partial charge in [0.25, 0.3) is 0 Å². The zero-order valence-electron chi connectivity index (χ0n) is 17.2. The van der Waals surface area contributed by atoms with Gasteiger partial charge in [0.15, 0.2) is 4.34 Å². The van der Waals surface area contributed by atoms with Gasteiger partial charge in [-0.25, -0.2) is 0 Å². The van der Waals surface area contributed by atoms with Gasteiger partial charge < -0.3 is 19.5 Å². The molecule has 1 saturated heterocycles. The van der Waals surface area contributed by atoms with Crippen molar-refractivity contribution in [3.05, 3.63) is 59.0 Å². The molecule has 3 heterocycles. The number of furan rings is 1. The molecule has 168 valence electrons. The van der Waals surface area contributed by atoms with Crippen molar-refractivity contribution in [3.63, 3.8) is 0 Å². The van der Waals surface area contributed by atoms with Gasteiger partial charge in [-0.05, 0) is 29.8 Å². The molecule has 11 heteroatoms. The second-order valence-electron chi connectivity index (χ2n) is 7.17. The van der Waals surface area contributed by atoms with E-state index in [-0.39, 0.29) is 17.6 Å². The number of thioether (sulfide) groups is 1. The lowest BCUT2D eigenvalue weighted by Crippen LogP contribution is -2.49. The normalized spacial score (nSPS) is 13.9. The lowest BCUT2D eigenvalue weighted by molar-refractivity contribution is -0.130. The second kappa shape index (κ2) is 10.8. The summed E-state index contributed by atoms with van der Waals surface area (Å²) in [7, 11) is 0. The third-order valence-electron chi connectivity index (χ3n) is 4.93. The highest BCUT2D eigenvalue weighted by Gasteiger charge is 2.23. The zero-order chi connectivity index (χ0) is 22.3. The number of hydrogen-bond donors (Lipinski definition) is 1. The van der Waals surface area contributed by atoms with E-state index in [2.05, 4.69) is 20.4 Å². The van der Waals surface area contributed by atoms with Crippen LogP contribution in [-0.2, 0) is 22.6 Å². The number of nitrogens with one attached hydrogen (secondary N) is 1. The number of anilines is 1. The quantitative estimate of drug-likeness (QED) is 0.484. The molecule has 0 spiro atoms. The Balaban J connectivity index is 1.20. The monoisotopic (exact) mass is 491 g/mol. The van der Waals surface area contributed by atoms with E-state index in [0.717, 1.165) is 15.0 Å². The first-order valence-electron chi connectivity index (χ1n) is 10.1. The van der Waals surface area contributed by atoms with Gasteiger partial charge in [-0.15, -0.1) is 10.2 Å². The van der Waals surface area contributed by atoms with Crippen molar-refractivity contribution >= 4 is 51.6 Å². The molecule has 3 aromatic rings. The smallest absolute Gasteiger partial charge is 0.230 e. The molecular formula is C21H22ClN5O3S2. The maximum absolute atomic E-state index is 12.6. The summed E-state index contributed by atoms with van der Waals surface area (Å²) in [6.07, 6.45) is 1.95. The van der Waals surface area contributed by atoms with Crippen LogP contribution in [0.15, 0.2) is 51.4 Å². The van der Waals surface area contributed by atoms with E-state index in [0.29, 0.717) is 49.9 Å². The van der Waals surface area contributed by atoms with E-state index in [1.54, 1.807) is 24.5 Å². The average molecular weight is 492 g/mol. The molecule has 0 radical (unpaired) electrons. The minimum Gasteiger partial charge on any atom is -0.467 e. The van der Waals surface area contributed by atoms with Crippen LogP contribution in [0, 0.1) is 0 Å². The van der Waals surface area contributed by atoms with Gasteiger partial charge in [0.2, 0.25) is 16.9 Å². The van der Waals surface area contributed by atoms with Crippen LogP contribution in [0.4, 0.5) is 5.13 Å². The largest absolute Gasteiger partial charge is 0.467 e. The summed E-state index contributed by atoms with van der Waals surface area (Å²) in [4.78, 5) is 28.6. The predicted molar refractivity (Wildman–Crippen MR) is 125 cm³/mol. The van der Waals surface area contributed by atoms with Crippen LogP contribution in [0.25, 0.3) is 0 Å². The lowest BCUT2D eigenvalue weighted by atomic mass is 10.1. The van der Waals surface area contributed by atoms with Gasteiger partial charge in [0.05, 0.1) is 25.0 Å². The lowest BCUT2D eigenvalue weighted by Gasteiger charge is -2.34. The van der Waals surface area contributed by atoms with Crippen LogP contribution in [0.2, 0.25) is 5.02 Å². The Kier molecular flexibility index (Phi) is 7.67. The molecule has 1 aliphatic rings. The van der Waals surface area contributed by atoms with Gasteiger partial charge in [0, 0.05) is 31.2 Å². The first-order valence-corrected chi connectivity index (χ1v) is 12.3. The number of aromatic nitrogens is 2. The van der Waals surface area contributed by atoms with Crippen molar-refractivity contribution in [1.29, 1.82) is 0 Å². The van der Waals surface area contributed by atoms with E-state index in [4.69, 9.17) is 16.0 Å². The summed E-state index contributed by atoms with van der Waals surface area (Å²) in [6, 6.07) is 11.0. The molecule has 2 amide bonds. The number of amides is 2. The third-order valence-corrected chi connectivity index (χ3v) is 7.30. The van der Waals surface area contributed by atoms with E-state index in [1.807, 2.05) is 23.1 Å². The minimum absolute atomic E-state index is 0.0871. The molecule has 0 atom stereocenters. The van der Waals surface area contributed by atoms with Crippen molar-refractivity contribution in [2.24, 2.45) is 0 Å². The van der Waals surface area contributed by atoms with Crippen LogP contribution in [0.1, 0.15) is 11.3 Å². The first-order chi connectivity index (χ1) is 15.6. The summed E-state index contributed by atoms with van der Waals surface area (Å²) in [5, 5.41) is 12.7. The predicted octanol–water partition coefficient (Wildman–Crippen LogP) is 3.08. The molecule has 0 aliphatic carbocycles. The number of carbonyl (C=O) groups is 2. The van der Waals surface area contributed by atoms with Gasteiger partial charge in [-0.3, -0.25) is 9.59 Å². The highest BCUT2D eigenvalue weighted by atomic mass is 35.5. The summed E-state index contributed by atoms with van der Waals surface area (Å²) in [5.74, 6) is 1.01. The standard InChI is InChI=1S/C21H22ClN5O3S2/c22-16-5-3-15(4-6-16)12-19(29)26-7-9-27(10-8-26)20-24-25-21(32-20)31-14-18(28)23-13-17-2-1-11-30-17/h1-6,11H,7-10,12-14H2,(H,23,28). The van der Waals surface area contributed by atoms with Crippen LogP contribution >= 0.6 is 34.7 Å². The number of benzene rings is 1. The number of nitrogens with zero attached hydrogens (tertiary/aromatic N) is 4. The molecule has 8 nitrogen and oxygen atoms in total. The van der Waals surface area contributed by atoms with Crippen LogP contribution in [-0.4, -0.2) is 58.8 Å². The highest BCUT2D eigenvalue weighted by Crippen LogP contribution is 2.28. The van der Waals surface area contributed by atoms with Gasteiger partial charge >= 0.3 is 0 Å². The molecule has 0 unspecified atom stereocenters. The Hall–Kier alpha value is -2.56. The van der Waals surface area contributed by atoms with Gasteiger partial charge in [0.1, 0.15) is 5.76 Å². The number of hydrogen-bond acceptors (Lipinski definition) is 8. The molecule has 0 bridgehead atoms. The molecule has 1 N–H and O–H groups in total. The van der Waals surface area contributed by atoms with Crippen LogP contribution in [0.5, 0.6) is 0 Å². The minimum atomic E-state index is -0.0871. The van der Waals surface area contributed by atoms with E-state index in [9.17, 15) is 9.59 Å². The molecule has 0 saturated carbocycles. The number of halogens is 1. The molecule has 1 aliphatic heterocycles. The molecular weight excluding hydrogens is 470 g/mol. The summed E-state index contributed by atoms with van der Waals surface area (Å²) < 4.78 is 5.94. The highest BCUT2D eigenvalue weighted by molar-refractivity contribution is 8.01. The Labute approximate surface area is 198 Å². The fraction of sp³-hybridized carbons (Fsp3) is 0.333. The maximum atomic E-state index is 12.6. The molecule has 2 aromatic heterocycles. The van der Waals surface area contributed by atoms with Crippen molar-refractivity contribution in [2.75, 3.05) is 36.8 Å². The van der Waals surface area contributed by atoms with Crippen LogP contribution in [0.3, 0.4) is 0 Å². The molecule has 1 fully saturated rings. The summed E-state index contributed by atoms with van der Waals surface area (Å²) >= 11 is 8.73. The van der Waals surface area contributed by atoms with E-state index in [1.165, 1.54) is 23.1 Å². The van der Waals surface area contributed by atoms with Crippen LogP contribution < -0.4 is 10.2 Å². The third kappa shape index (κ3) is 6.24. The molecule has 1 aromatic carbocycles. The van der Waals surface area contributed by atoms with E-state index < -0.39 is 0 Å². The van der Waals surface area contributed by atoms with Crippen molar-refractivity contribution in [1.82, 2.24) is 20.4 Å². The Morgan fingerprint density at radius 2 is 1.91 bits per heavy atom. The average Bonchev–Trinajstić information content (AvgIpc) is 3.50. The summed E-state index contributed by atoms with van der Waals surface area (Å²) in [5.41, 5.74) is 0.959. The van der Waals surface area contributed by atoms with Crippen molar-refractivity contribution in [2.45, 2.75) is 17.3 Å². The molecule has 32 heavy (non-hydrogen) atoms.